The molecule has 7 nitrogen and oxygen atoms in total. The fourth-order valence-electron chi connectivity index (χ4n) is 3.99. The van der Waals surface area contributed by atoms with Crippen molar-refractivity contribution in [2.24, 2.45) is 5.92 Å². The fourth-order valence-corrected chi connectivity index (χ4v) is 3.99. The summed E-state index contributed by atoms with van der Waals surface area (Å²) in [6, 6.07) is 14.9. The highest BCUT2D eigenvalue weighted by atomic mass is 16.3. The van der Waals surface area contributed by atoms with Gasteiger partial charge in [0.2, 0.25) is 11.8 Å². The van der Waals surface area contributed by atoms with Crippen molar-refractivity contribution in [3.05, 3.63) is 54.1 Å². The lowest BCUT2D eigenvalue weighted by Gasteiger charge is -2.25. The molecule has 156 valence electrons. The lowest BCUT2D eigenvalue weighted by molar-refractivity contribution is -0.125. The Hall–Kier alpha value is -3.19. The second-order valence-electron chi connectivity index (χ2n) is 7.66. The summed E-state index contributed by atoms with van der Waals surface area (Å²) >= 11 is 0. The van der Waals surface area contributed by atoms with Gasteiger partial charge in [0.05, 0.1) is 6.61 Å². The molecule has 2 amide bonds. The highest BCUT2D eigenvalue weighted by Crippen LogP contribution is 2.30. The molecule has 2 N–H and O–H groups in total. The third-order valence-corrected chi connectivity index (χ3v) is 5.73. The standard InChI is InChI=1S/C23H25N3O4/c1-26(18-11-10-17(14-18)21(28)24-12-13-27)23(29)16-8-6-15(7-9-16)22-25-19-4-2-3-5-20(19)30-22/h2-9,17-18,27H,10-14H2,1H3,(H,24,28). The molecule has 1 aliphatic carbocycles. The van der Waals surface area contributed by atoms with Gasteiger partial charge in [-0.25, -0.2) is 4.98 Å². The van der Waals surface area contributed by atoms with E-state index >= 15 is 0 Å². The maximum atomic E-state index is 12.9. The zero-order valence-electron chi connectivity index (χ0n) is 16.9. The fraction of sp³-hybridized carbons (Fsp3) is 0.348. The molecule has 0 bridgehead atoms. The van der Waals surface area contributed by atoms with Crippen LogP contribution in [0.4, 0.5) is 0 Å². The van der Waals surface area contributed by atoms with Crippen LogP contribution in [0.3, 0.4) is 0 Å². The number of rotatable bonds is 6. The number of aliphatic hydroxyl groups excluding tert-OH is 1. The van der Waals surface area contributed by atoms with Crippen LogP contribution in [0, 0.1) is 5.92 Å². The molecule has 0 saturated heterocycles. The Morgan fingerprint density at radius 1 is 1.17 bits per heavy atom. The van der Waals surface area contributed by atoms with E-state index in [-0.39, 0.29) is 36.9 Å². The normalized spacial score (nSPS) is 18.5. The van der Waals surface area contributed by atoms with E-state index in [0.717, 1.165) is 29.5 Å². The van der Waals surface area contributed by atoms with Crippen LogP contribution in [0.2, 0.25) is 0 Å². The first-order valence-corrected chi connectivity index (χ1v) is 10.2. The summed E-state index contributed by atoms with van der Waals surface area (Å²) in [5, 5.41) is 11.6. The molecule has 1 heterocycles. The molecule has 4 rings (SSSR count). The van der Waals surface area contributed by atoms with Crippen LogP contribution >= 0.6 is 0 Å². The van der Waals surface area contributed by atoms with Crippen LogP contribution in [0.5, 0.6) is 0 Å². The summed E-state index contributed by atoms with van der Waals surface area (Å²) in [4.78, 5) is 31.2. The highest BCUT2D eigenvalue weighted by molar-refractivity contribution is 5.94. The zero-order valence-corrected chi connectivity index (χ0v) is 16.9. The van der Waals surface area contributed by atoms with Crippen LogP contribution < -0.4 is 5.32 Å². The third-order valence-electron chi connectivity index (χ3n) is 5.73. The van der Waals surface area contributed by atoms with Crippen molar-refractivity contribution >= 4 is 22.9 Å². The molecule has 3 aromatic rings. The predicted octanol–water partition coefficient (Wildman–Crippen LogP) is 2.84. The molecule has 1 fully saturated rings. The second kappa shape index (κ2) is 8.67. The summed E-state index contributed by atoms with van der Waals surface area (Å²) in [7, 11) is 1.79. The van der Waals surface area contributed by atoms with Gasteiger partial charge in [0, 0.05) is 36.7 Å². The van der Waals surface area contributed by atoms with Gasteiger partial charge in [-0.1, -0.05) is 12.1 Å². The van der Waals surface area contributed by atoms with Gasteiger partial charge in [0.15, 0.2) is 5.58 Å². The molecular weight excluding hydrogens is 382 g/mol. The van der Waals surface area contributed by atoms with Gasteiger partial charge in [0.1, 0.15) is 5.52 Å². The maximum Gasteiger partial charge on any atom is 0.253 e. The first kappa shape index (κ1) is 20.1. The summed E-state index contributed by atoms with van der Waals surface area (Å²) in [6.07, 6.45) is 2.18. The van der Waals surface area contributed by atoms with Crippen LogP contribution in [-0.4, -0.2) is 53.0 Å². The number of aromatic nitrogens is 1. The molecule has 2 unspecified atom stereocenters. The SMILES string of the molecule is CN(C(=O)c1ccc(-c2nc3ccccc3o2)cc1)C1CCC(C(=O)NCCO)C1. The molecule has 0 radical (unpaired) electrons. The monoisotopic (exact) mass is 407 g/mol. The molecule has 2 atom stereocenters. The van der Waals surface area contributed by atoms with E-state index < -0.39 is 0 Å². The van der Waals surface area contributed by atoms with Crippen molar-refractivity contribution in [3.63, 3.8) is 0 Å². The Morgan fingerprint density at radius 2 is 1.93 bits per heavy atom. The number of benzene rings is 2. The number of carbonyl (C=O) groups is 2. The number of carbonyl (C=O) groups excluding carboxylic acids is 2. The predicted molar refractivity (Wildman–Crippen MR) is 113 cm³/mol. The second-order valence-corrected chi connectivity index (χ2v) is 7.66. The number of para-hydroxylation sites is 2. The Morgan fingerprint density at radius 3 is 2.67 bits per heavy atom. The number of oxazole rings is 1. The minimum Gasteiger partial charge on any atom is -0.436 e. The average molecular weight is 407 g/mol. The Labute approximate surface area is 174 Å². The number of nitrogens with one attached hydrogen (secondary N) is 1. The third kappa shape index (κ3) is 4.07. The van der Waals surface area contributed by atoms with Crippen molar-refractivity contribution in [3.8, 4) is 11.5 Å². The number of fused-ring (bicyclic) bond motifs is 1. The van der Waals surface area contributed by atoms with Gasteiger partial charge in [0.25, 0.3) is 5.91 Å². The lowest BCUT2D eigenvalue weighted by Crippen LogP contribution is -2.37. The minimum absolute atomic E-state index is 0.0269. The Kier molecular flexibility index (Phi) is 5.81. The van der Waals surface area contributed by atoms with Crippen molar-refractivity contribution in [1.29, 1.82) is 0 Å². The Balaban J connectivity index is 1.41. The molecule has 1 saturated carbocycles. The molecular formula is C23H25N3O4. The zero-order chi connectivity index (χ0) is 21.1. The van der Waals surface area contributed by atoms with E-state index in [1.807, 2.05) is 36.4 Å². The van der Waals surface area contributed by atoms with Gasteiger partial charge in [-0.3, -0.25) is 9.59 Å². The number of nitrogens with zero attached hydrogens (tertiary/aromatic N) is 2. The molecule has 0 spiro atoms. The van der Waals surface area contributed by atoms with Gasteiger partial charge in [-0.05, 0) is 55.7 Å². The Bertz CT molecular complexity index is 1010. The quantitative estimate of drug-likeness (QED) is 0.655. The molecule has 1 aromatic heterocycles. The molecule has 30 heavy (non-hydrogen) atoms. The maximum absolute atomic E-state index is 12.9. The number of amides is 2. The van der Waals surface area contributed by atoms with Crippen molar-refractivity contribution < 1.29 is 19.1 Å². The minimum atomic E-state index is -0.113. The molecule has 1 aliphatic rings. The topological polar surface area (TPSA) is 95.7 Å². The van der Waals surface area contributed by atoms with Crippen LogP contribution in [0.1, 0.15) is 29.6 Å². The summed E-state index contributed by atoms with van der Waals surface area (Å²) < 4.78 is 5.79. The smallest absolute Gasteiger partial charge is 0.253 e. The van der Waals surface area contributed by atoms with E-state index in [4.69, 9.17) is 9.52 Å². The largest absolute Gasteiger partial charge is 0.436 e. The average Bonchev–Trinajstić information content (AvgIpc) is 3.44. The van der Waals surface area contributed by atoms with Crippen molar-refractivity contribution in [1.82, 2.24) is 15.2 Å². The molecule has 7 heteroatoms. The van der Waals surface area contributed by atoms with Crippen LogP contribution in [-0.2, 0) is 4.79 Å². The van der Waals surface area contributed by atoms with E-state index in [1.54, 1.807) is 24.1 Å². The highest BCUT2D eigenvalue weighted by Gasteiger charge is 2.33. The first-order chi connectivity index (χ1) is 14.6. The van der Waals surface area contributed by atoms with E-state index in [2.05, 4.69) is 10.3 Å². The van der Waals surface area contributed by atoms with Crippen LogP contribution in [0.25, 0.3) is 22.6 Å². The van der Waals surface area contributed by atoms with Crippen molar-refractivity contribution in [2.75, 3.05) is 20.2 Å². The van der Waals surface area contributed by atoms with E-state index in [0.29, 0.717) is 17.9 Å². The van der Waals surface area contributed by atoms with Gasteiger partial charge in [-0.15, -0.1) is 0 Å². The van der Waals surface area contributed by atoms with Crippen molar-refractivity contribution in [2.45, 2.75) is 25.3 Å². The number of aliphatic hydroxyl groups is 1. The first-order valence-electron chi connectivity index (χ1n) is 10.2. The number of hydrogen-bond acceptors (Lipinski definition) is 5. The summed E-state index contributed by atoms with van der Waals surface area (Å²) in [6.45, 7) is 0.195. The summed E-state index contributed by atoms with van der Waals surface area (Å²) in [5.41, 5.74) is 2.93. The van der Waals surface area contributed by atoms with E-state index in [9.17, 15) is 9.59 Å². The van der Waals surface area contributed by atoms with Gasteiger partial charge in [-0.2, -0.15) is 0 Å². The molecule has 2 aromatic carbocycles. The van der Waals surface area contributed by atoms with Gasteiger partial charge >= 0.3 is 0 Å². The number of hydrogen-bond donors (Lipinski definition) is 2. The van der Waals surface area contributed by atoms with E-state index in [1.165, 1.54) is 0 Å². The molecule has 0 aliphatic heterocycles. The lowest BCUT2D eigenvalue weighted by atomic mass is 10.1. The van der Waals surface area contributed by atoms with Gasteiger partial charge < -0.3 is 19.7 Å². The van der Waals surface area contributed by atoms with Crippen LogP contribution in [0.15, 0.2) is 52.9 Å². The summed E-state index contributed by atoms with van der Waals surface area (Å²) in [5.74, 6) is 0.296.